The number of aryl methyl sites for hydroxylation is 1. The maximum atomic E-state index is 11.1. The zero-order valence-electron chi connectivity index (χ0n) is 7.38. The molecule has 1 heterocycles. The van der Waals surface area contributed by atoms with E-state index < -0.39 is 0 Å². The van der Waals surface area contributed by atoms with Crippen molar-refractivity contribution in [2.24, 2.45) is 0 Å². The summed E-state index contributed by atoms with van der Waals surface area (Å²) >= 11 is 1.22. The van der Waals surface area contributed by atoms with Crippen molar-refractivity contribution in [3.8, 4) is 5.75 Å². The standard InChI is InChI=1S/C9H9NO2S/c1-5-3-4-6(12-2)7-8(5)13-9(11)10-7/h3-4H,1-2H3,(H,10,11). The maximum absolute atomic E-state index is 11.1. The van der Waals surface area contributed by atoms with Gasteiger partial charge in [0.25, 0.3) is 0 Å². The van der Waals surface area contributed by atoms with Crippen molar-refractivity contribution in [2.75, 3.05) is 7.11 Å². The van der Waals surface area contributed by atoms with E-state index in [1.54, 1.807) is 7.11 Å². The number of hydrogen-bond acceptors (Lipinski definition) is 3. The van der Waals surface area contributed by atoms with Crippen molar-refractivity contribution < 1.29 is 4.74 Å². The zero-order chi connectivity index (χ0) is 9.42. The fourth-order valence-electron chi connectivity index (χ4n) is 1.31. The van der Waals surface area contributed by atoms with E-state index >= 15 is 0 Å². The van der Waals surface area contributed by atoms with Crippen molar-refractivity contribution in [2.45, 2.75) is 6.92 Å². The Morgan fingerprint density at radius 3 is 2.92 bits per heavy atom. The van der Waals surface area contributed by atoms with Crippen LogP contribution >= 0.6 is 11.3 Å². The molecule has 13 heavy (non-hydrogen) atoms. The highest BCUT2D eigenvalue weighted by Crippen LogP contribution is 2.27. The molecule has 4 heteroatoms. The van der Waals surface area contributed by atoms with E-state index in [1.807, 2.05) is 19.1 Å². The summed E-state index contributed by atoms with van der Waals surface area (Å²) < 4.78 is 6.11. The van der Waals surface area contributed by atoms with Crippen molar-refractivity contribution in [1.29, 1.82) is 0 Å². The van der Waals surface area contributed by atoms with Crippen molar-refractivity contribution >= 4 is 21.6 Å². The second kappa shape index (κ2) is 2.88. The zero-order valence-corrected chi connectivity index (χ0v) is 8.20. The van der Waals surface area contributed by atoms with Crippen molar-refractivity contribution in [1.82, 2.24) is 4.98 Å². The molecule has 0 spiro atoms. The number of aromatic amines is 1. The first-order valence-electron chi connectivity index (χ1n) is 3.89. The lowest BCUT2D eigenvalue weighted by Crippen LogP contribution is -1.91. The summed E-state index contributed by atoms with van der Waals surface area (Å²) in [5.74, 6) is 0.721. The molecular formula is C9H9NO2S. The average Bonchev–Trinajstić information content (AvgIpc) is 2.48. The molecule has 0 aliphatic carbocycles. The fraction of sp³-hybridized carbons (Fsp3) is 0.222. The topological polar surface area (TPSA) is 42.1 Å². The molecule has 3 nitrogen and oxygen atoms in total. The first-order chi connectivity index (χ1) is 6.22. The van der Waals surface area contributed by atoms with Gasteiger partial charge in [0.05, 0.1) is 11.8 Å². The quantitative estimate of drug-likeness (QED) is 0.755. The number of ether oxygens (including phenoxy) is 1. The lowest BCUT2D eigenvalue weighted by Gasteiger charge is -2.01. The molecule has 68 valence electrons. The molecule has 0 saturated heterocycles. The number of hydrogen-bond donors (Lipinski definition) is 1. The Kier molecular flexibility index (Phi) is 1.84. The maximum Gasteiger partial charge on any atom is 0.305 e. The predicted molar refractivity (Wildman–Crippen MR) is 53.7 cm³/mol. The number of H-pyrrole nitrogens is 1. The van der Waals surface area contributed by atoms with Crippen LogP contribution in [-0.2, 0) is 0 Å². The van der Waals surface area contributed by atoms with E-state index in [2.05, 4.69) is 4.98 Å². The smallest absolute Gasteiger partial charge is 0.305 e. The highest BCUT2D eigenvalue weighted by atomic mass is 32.1. The molecule has 1 aromatic heterocycles. The van der Waals surface area contributed by atoms with Gasteiger partial charge >= 0.3 is 4.87 Å². The Hall–Kier alpha value is -1.29. The van der Waals surface area contributed by atoms with Gasteiger partial charge in [0.15, 0.2) is 0 Å². The van der Waals surface area contributed by atoms with Crippen LogP contribution in [-0.4, -0.2) is 12.1 Å². The number of aromatic nitrogens is 1. The van der Waals surface area contributed by atoms with Crippen LogP contribution in [0.1, 0.15) is 5.56 Å². The van der Waals surface area contributed by atoms with Gasteiger partial charge in [0, 0.05) is 0 Å². The average molecular weight is 195 g/mol. The minimum atomic E-state index is -0.0393. The van der Waals surface area contributed by atoms with Gasteiger partial charge in [-0.15, -0.1) is 0 Å². The molecule has 0 aliphatic rings. The number of methoxy groups -OCH3 is 1. The molecule has 0 unspecified atom stereocenters. The molecule has 1 N–H and O–H groups in total. The van der Waals surface area contributed by atoms with Crippen LogP contribution in [0.25, 0.3) is 10.2 Å². The third-order valence-electron chi connectivity index (χ3n) is 1.96. The van der Waals surface area contributed by atoms with E-state index in [0.717, 1.165) is 21.5 Å². The van der Waals surface area contributed by atoms with E-state index in [0.29, 0.717) is 0 Å². The number of rotatable bonds is 1. The summed E-state index contributed by atoms with van der Waals surface area (Å²) in [5.41, 5.74) is 1.90. The summed E-state index contributed by atoms with van der Waals surface area (Å²) in [6.45, 7) is 1.98. The Bertz CT molecular complexity index is 498. The van der Waals surface area contributed by atoms with Crippen LogP contribution in [0.4, 0.5) is 0 Å². The van der Waals surface area contributed by atoms with Gasteiger partial charge in [0.1, 0.15) is 11.3 Å². The SMILES string of the molecule is COc1ccc(C)c2sc(=O)[nH]c12. The van der Waals surface area contributed by atoms with E-state index in [-0.39, 0.29) is 4.87 Å². The minimum Gasteiger partial charge on any atom is -0.495 e. The molecule has 0 atom stereocenters. The van der Waals surface area contributed by atoms with Crippen LogP contribution in [0.5, 0.6) is 5.75 Å². The van der Waals surface area contributed by atoms with E-state index in [1.165, 1.54) is 11.3 Å². The van der Waals surface area contributed by atoms with Gasteiger partial charge in [-0.3, -0.25) is 4.79 Å². The van der Waals surface area contributed by atoms with Gasteiger partial charge in [0.2, 0.25) is 0 Å². The molecule has 2 rings (SSSR count). The minimum absolute atomic E-state index is 0.0393. The summed E-state index contributed by atoms with van der Waals surface area (Å²) in [6, 6.07) is 3.81. The Balaban J connectivity index is 2.91. The van der Waals surface area contributed by atoms with Gasteiger partial charge in [-0.25, -0.2) is 0 Å². The molecule has 0 aliphatic heterocycles. The van der Waals surface area contributed by atoms with Crippen LogP contribution in [0.15, 0.2) is 16.9 Å². The predicted octanol–water partition coefficient (Wildman–Crippen LogP) is 1.91. The van der Waals surface area contributed by atoms with Gasteiger partial charge in [-0.05, 0) is 18.6 Å². The van der Waals surface area contributed by atoms with Crippen molar-refractivity contribution in [3.63, 3.8) is 0 Å². The molecule has 0 amide bonds. The molecule has 2 aromatic rings. The van der Waals surface area contributed by atoms with Gasteiger partial charge in [-0.2, -0.15) is 0 Å². The number of thiazole rings is 1. The summed E-state index contributed by atoms with van der Waals surface area (Å²) in [7, 11) is 1.60. The normalized spacial score (nSPS) is 10.6. The van der Waals surface area contributed by atoms with Crippen LogP contribution in [0.2, 0.25) is 0 Å². The molecule has 0 fully saturated rings. The molecule has 0 saturated carbocycles. The molecular weight excluding hydrogens is 186 g/mol. The Labute approximate surface area is 79.0 Å². The number of nitrogens with one attached hydrogen (secondary N) is 1. The Morgan fingerprint density at radius 2 is 2.23 bits per heavy atom. The largest absolute Gasteiger partial charge is 0.495 e. The van der Waals surface area contributed by atoms with E-state index in [9.17, 15) is 4.79 Å². The summed E-state index contributed by atoms with van der Waals surface area (Å²) in [4.78, 5) is 13.8. The first-order valence-corrected chi connectivity index (χ1v) is 4.70. The second-order valence-corrected chi connectivity index (χ2v) is 3.79. The third kappa shape index (κ3) is 1.23. The fourth-order valence-corrected chi connectivity index (χ4v) is 2.13. The monoisotopic (exact) mass is 195 g/mol. The lowest BCUT2D eigenvalue weighted by molar-refractivity contribution is 0.419. The van der Waals surface area contributed by atoms with E-state index in [4.69, 9.17) is 4.74 Å². The Morgan fingerprint density at radius 1 is 1.46 bits per heavy atom. The highest BCUT2D eigenvalue weighted by molar-refractivity contribution is 7.16. The molecule has 0 radical (unpaired) electrons. The van der Waals surface area contributed by atoms with Crippen LogP contribution in [0, 0.1) is 6.92 Å². The second-order valence-electron chi connectivity index (χ2n) is 2.80. The lowest BCUT2D eigenvalue weighted by atomic mass is 10.2. The van der Waals surface area contributed by atoms with Crippen LogP contribution in [0.3, 0.4) is 0 Å². The van der Waals surface area contributed by atoms with Crippen molar-refractivity contribution in [3.05, 3.63) is 27.4 Å². The summed E-state index contributed by atoms with van der Waals surface area (Å²) in [5, 5.41) is 0. The number of fused-ring (bicyclic) bond motifs is 1. The van der Waals surface area contributed by atoms with Gasteiger partial charge in [-0.1, -0.05) is 17.4 Å². The molecule has 0 bridgehead atoms. The number of benzene rings is 1. The van der Waals surface area contributed by atoms with Gasteiger partial charge < -0.3 is 9.72 Å². The molecule has 1 aromatic carbocycles. The third-order valence-corrected chi connectivity index (χ3v) is 2.98. The summed E-state index contributed by atoms with van der Waals surface area (Å²) in [6.07, 6.45) is 0. The van der Waals surface area contributed by atoms with Crippen LogP contribution < -0.4 is 9.61 Å². The first kappa shape index (κ1) is 8.31. The highest BCUT2D eigenvalue weighted by Gasteiger charge is 2.07.